The Morgan fingerprint density at radius 3 is 2.46 bits per heavy atom. The van der Waals surface area contributed by atoms with Gasteiger partial charge in [0, 0.05) is 6.08 Å². The third kappa shape index (κ3) is 9.63. The molecule has 0 saturated heterocycles. The molecule has 0 fully saturated rings. The number of amides is 1. The van der Waals surface area contributed by atoms with E-state index in [0.29, 0.717) is 11.8 Å². The first kappa shape index (κ1) is 15.2. The second-order valence-corrected chi connectivity index (χ2v) is 3.51. The molecule has 7 heteroatoms. The van der Waals surface area contributed by atoms with Gasteiger partial charge in [-0.3, -0.25) is 8.98 Å². The van der Waals surface area contributed by atoms with Gasteiger partial charge < -0.3 is 5.73 Å². The molecule has 2 N–H and O–H groups in total. The van der Waals surface area contributed by atoms with Gasteiger partial charge in [-0.1, -0.05) is 6.92 Å². The molecule has 0 bridgehead atoms. The minimum atomic E-state index is -3.72. The zero-order valence-corrected chi connectivity index (χ0v) is 7.50. The van der Waals surface area contributed by atoms with E-state index in [2.05, 4.69) is 9.92 Å². The standard InChI is InChI=1S/C6H11NO4S.Li.H/c1-2-4-11-12(9,10)5-3-6(7)8;;/h3,5H,2,4H2,1H3,(H2,7,8);;. The van der Waals surface area contributed by atoms with E-state index in [1.807, 2.05) is 0 Å². The van der Waals surface area contributed by atoms with Crippen LogP contribution in [0.25, 0.3) is 0 Å². The average Bonchev–Trinajstić information content (AvgIpc) is 1.98. The number of rotatable bonds is 5. The molecule has 0 aliphatic carbocycles. The van der Waals surface area contributed by atoms with Crippen LogP contribution in [0.4, 0.5) is 0 Å². The topological polar surface area (TPSA) is 86.5 Å². The minimum absolute atomic E-state index is 0. The van der Waals surface area contributed by atoms with Crippen LogP contribution >= 0.6 is 0 Å². The van der Waals surface area contributed by atoms with Gasteiger partial charge in [-0.25, -0.2) is 0 Å². The Hall–Kier alpha value is -0.283. The van der Waals surface area contributed by atoms with E-state index in [9.17, 15) is 13.2 Å². The summed E-state index contributed by atoms with van der Waals surface area (Å²) in [6.45, 7) is 1.87. The van der Waals surface area contributed by atoms with Crippen molar-refractivity contribution < 1.29 is 17.4 Å². The van der Waals surface area contributed by atoms with Gasteiger partial charge in [0.15, 0.2) is 0 Å². The molecule has 1 amide bonds. The van der Waals surface area contributed by atoms with Gasteiger partial charge in [-0.05, 0) is 6.42 Å². The van der Waals surface area contributed by atoms with Crippen LogP contribution in [0.1, 0.15) is 13.3 Å². The van der Waals surface area contributed by atoms with Crippen LogP contribution < -0.4 is 5.73 Å². The van der Waals surface area contributed by atoms with Crippen molar-refractivity contribution in [1.29, 1.82) is 0 Å². The molecule has 5 nitrogen and oxygen atoms in total. The molecule has 0 unspecified atom stereocenters. The average molecular weight is 201 g/mol. The van der Waals surface area contributed by atoms with E-state index < -0.39 is 16.0 Å². The predicted octanol–water partition coefficient (Wildman–Crippen LogP) is -0.907. The normalized spacial score (nSPS) is 11.2. The third-order valence-corrected chi connectivity index (χ3v) is 1.82. The fourth-order valence-corrected chi connectivity index (χ4v) is 1.17. The van der Waals surface area contributed by atoms with Crippen molar-refractivity contribution in [2.24, 2.45) is 5.73 Å². The van der Waals surface area contributed by atoms with E-state index in [1.165, 1.54) is 0 Å². The predicted molar refractivity (Wildman–Crippen MR) is 50.6 cm³/mol. The zero-order valence-electron chi connectivity index (χ0n) is 6.69. The van der Waals surface area contributed by atoms with Crippen LogP contribution in [-0.2, 0) is 19.1 Å². The molecule has 0 aliphatic heterocycles. The Kier molecular flexibility index (Phi) is 8.36. The third-order valence-electron chi connectivity index (χ3n) is 0.851. The maximum absolute atomic E-state index is 10.8. The van der Waals surface area contributed by atoms with Crippen molar-refractivity contribution in [2.45, 2.75) is 13.3 Å². The summed E-state index contributed by atoms with van der Waals surface area (Å²) >= 11 is 0. The molecule has 72 valence electrons. The summed E-state index contributed by atoms with van der Waals surface area (Å²) in [6.07, 6.45) is 1.33. The fourth-order valence-electron chi connectivity index (χ4n) is 0.389. The molecule has 0 atom stereocenters. The van der Waals surface area contributed by atoms with Gasteiger partial charge in [0.1, 0.15) is 0 Å². The van der Waals surface area contributed by atoms with Crippen LogP contribution in [0, 0.1) is 0 Å². The number of hydrogen-bond acceptors (Lipinski definition) is 4. The number of nitrogens with two attached hydrogens (primary N) is 1. The molecule has 0 aromatic rings. The van der Waals surface area contributed by atoms with Crippen molar-refractivity contribution >= 4 is 34.9 Å². The summed E-state index contributed by atoms with van der Waals surface area (Å²) in [7, 11) is -3.72. The van der Waals surface area contributed by atoms with Crippen molar-refractivity contribution in [3.63, 3.8) is 0 Å². The van der Waals surface area contributed by atoms with Crippen LogP contribution in [0.15, 0.2) is 11.5 Å². The van der Waals surface area contributed by atoms with E-state index in [0.717, 1.165) is 6.08 Å². The summed E-state index contributed by atoms with van der Waals surface area (Å²) in [5, 5.41) is 0.644. The van der Waals surface area contributed by atoms with E-state index in [4.69, 9.17) is 0 Å². The Morgan fingerprint density at radius 2 is 2.08 bits per heavy atom. The van der Waals surface area contributed by atoms with E-state index in [-0.39, 0.29) is 25.5 Å². The van der Waals surface area contributed by atoms with Gasteiger partial charge in [0.05, 0.1) is 12.0 Å². The molecule has 0 spiro atoms. The molecular formula is C6H12LiNO4S. The molecular weight excluding hydrogens is 189 g/mol. The molecule has 0 aromatic heterocycles. The van der Waals surface area contributed by atoms with Gasteiger partial charge >= 0.3 is 18.9 Å². The molecule has 0 saturated carbocycles. The van der Waals surface area contributed by atoms with Gasteiger partial charge in [-0.15, -0.1) is 0 Å². The first-order valence-electron chi connectivity index (χ1n) is 3.35. The first-order valence-corrected chi connectivity index (χ1v) is 4.82. The number of hydrogen-bond donors (Lipinski definition) is 1. The monoisotopic (exact) mass is 201 g/mol. The first-order chi connectivity index (χ1) is 5.48. The number of carbonyl (C=O) groups excluding carboxylic acids is 1. The second-order valence-electron chi connectivity index (χ2n) is 2.02. The molecule has 0 heterocycles. The quantitative estimate of drug-likeness (QED) is 0.354. The fraction of sp³-hybridized carbons (Fsp3) is 0.500. The molecule has 0 radical (unpaired) electrons. The van der Waals surface area contributed by atoms with Gasteiger partial charge in [0.2, 0.25) is 5.91 Å². The van der Waals surface area contributed by atoms with E-state index in [1.54, 1.807) is 6.92 Å². The van der Waals surface area contributed by atoms with Crippen molar-refractivity contribution in [2.75, 3.05) is 6.61 Å². The van der Waals surface area contributed by atoms with Crippen LogP contribution in [0.3, 0.4) is 0 Å². The Labute approximate surface area is 89.6 Å². The molecule has 13 heavy (non-hydrogen) atoms. The van der Waals surface area contributed by atoms with Crippen LogP contribution in [-0.4, -0.2) is 39.8 Å². The Morgan fingerprint density at radius 1 is 1.54 bits per heavy atom. The Balaban J connectivity index is 0. The summed E-state index contributed by atoms with van der Waals surface area (Å²) in [5.41, 5.74) is 4.68. The summed E-state index contributed by atoms with van der Waals surface area (Å²) in [6, 6.07) is 0. The zero-order chi connectivity index (χ0) is 9.61. The second kappa shape index (κ2) is 7.15. The van der Waals surface area contributed by atoms with Crippen LogP contribution in [0.2, 0.25) is 0 Å². The molecule has 0 aliphatic rings. The van der Waals surface area contributed by atoms with Crippen molar-refractivity contribution in [1.82, 2.24) is 0 Å². The molecule has 0 rings (SSSR count). The number of carbonyl (C=O) groups is 1. The summed E-state index contributed by atoms with van der Waals surface area (Å²) < 4.78 is 26.0. The maximum atomic E-state index is 10.8. The Bertz CT molecular complexity index is 272. The number of primary amides is 1. The van der Waals surface area contributed by atoms with Gasteiger partial charge in [0.25, 0.3) is 10.1 Å². The van der Waals surface area contributed by atoms with Gasteiger partial charge in [-0.2, -0.15) is 8.42 Å². The summed E-state index contributed by atoms with van der Waals surface area (Å²) in [4.78, 5) is 10.1. The van der Waals surface area contributed by atoms with Crippen molar-refractivity contribution in [3.05, 3.63) is 11.5 Å². The molecule has 0 aromatic carbocycles. The summed E-state index contributed by atoms with van der Waals surface area (Å²) in [5.74, 6) is -0.821. The van der Waals surface area contributed by atoms with Crippen molar-refractivity contribution in [3.8, 4) is 0 Å². The SMILES string of the molecule is CCCOS(=O)(=O)C=CC(N)=O.[LiH]. The van der Waals surface area contributed by atoms with E-state index >= 15 is 0 Å². The van der Waals surface area contributed by atoms with Crippen LogP contribution in [0.5, 0.6) is 0 Å².